The first-order valence-electron chi connectivity index (χ1n) is 8.33. The molecular weight excluding hydrogens is 326 g/mol. The Hall–Kier alpha value is -2.61. The molecular formula is C17H21N3O5. The number of anilines is 1. The van der Waals surface area contributed by atoms with Crippen LogP contribution in [0.25, 0.3) is 0 Å². The minimum absolute atomic E-state index is 0.159. The second kappa shape index (κ2) is 7.52. The van der Waals surface area contributed by atoms with Gasteiger partial charge in [-0.1, -0.05) is 6.92 Å². The lowest BCUT2D eigenvalue weighted by Gasteiger charge is -2.40. The number of hydrogen-bond donors (Lipinski definition) is 1. The number of rotatable bonds is 4. The van der Waals surface area contributed by atoms with Crippen LogP contribution in [-0.4, -0.2) is 49.1 Å². The van der Waals surface area contributed by atoms with Gasteiger partial charge in [0.25, 0.3) is 0 Å². The molecule has 0 aromatic carbocycles. The van der Waals surface area contributed by atoms with Gasteiger partial charge in [0.1, 0.15) is 5.75 Å². The largest absolute Gasteiger partial charge is 0.492 e. The molecule has 2 aliphatic rings. The molecule has 1 saturated heterocycles. The fraction of sp³-hybridized carbons (Fsp3) is 0.471. The van der Waals surface area contributed by atoms with E-state index in [0.29, 0.717) is 31.1 Å². The predicted octanol–water partition coefficient (Wildman–Crippen LogP) is 0.980. The molecule has 2 aliphatic heterocycles. The molecule has 0 bridgehead atoms. The quantitative estimate of drug-likeness (QED) is 0.806. The van der Waals surface area contributed by atoms with Crippen molar-refractivity contribution in [1.82, 2.24) is 10.3 Å². The van der Waals surface area contributed by atoms with Crippen LogP contribution >= 0.6 is 0 Å². The maximum absolute atomic E-state index is 12.0. The van der Waals surface area contributed by atoms with Crippen LogP contribution in [-0.2, 0) is 19.1 Å². The molecule has 3 heterocycles. The molecule has 0 atom stereocenters. The smallest absolute Gasteiger partial charge is 0.356 e. The van der Waals surface area contributed by atoms with E-state index in [1.165, 1.54) is 0 Å². The van der Waals surface area contributed by atoms with E-state index >= 15 is 0 Å². The molecule has 0 aliphatic carbocycles. The number of pyridine rings is 1. The van der Waals surface area contributed by atoms with Crippen LogP contribution < -0.4 is 15.0 Å². The predicted molar refractivity (Wildman–Crippen MR) is 88.9 cm³/mol. The van der Waals surface area contributed by atoms with Gasteiger partial charge in [-0.2, -0.15) is 0 Å². The average Bonchev–Trinajstić information content (AvgIpc) is 2.89. The summed E-state index contributed by atoms with van der Waals surface area (Å²) in [4.78, 5) is 29.9. The number of carbonyl (C=O) groups is 2. The van der Waals surface area contributed by atoms with E-state index in [1.54, 1.807) is 23.4 Å². The molecule has 0 saturated carbocycles. The topological polar surface area (TPSA) is 90.0 Å². The summed E-state index contributed by atoms with van der Waals surface area (Å²) in [5.74, 6) is -2.22. The van der Waals surface area contributed by atoms with Gasteiger partial charge in [0.15, 0.2) is 0 Å². The van der Waals surface area contributed by atoms with Crippen molar-refractivity contribution < 1.29 is 23.8 Å². The monoisotopic (exact) mass is 347 g/mol. The number of aromatic nitrogens is 1. The third-order valence-corrected chi connectivity index (χ3v) is 3.85. The second-order valence-electron chi connectivity index (χ2n) is 5.80. The number of nitrogens with one attached hydrogen (secondary N) is 1. The first-order chi connectivity index (χ1) is 12.1. The minimum Gasteiger partial charge on any atom is -0.492 e. The molecule has 1 spiro atoms. The van der Waals surface area contributed by atoms with Crippen molar-refractivity contribution in [2.75, 3.05) is 31.1 Å². The lowest BCUT2D eigenvalue weighted by molar-refractivity contribution is -0.217. The van der Waals surface area contributed by atoms with Gasteiger partial charge in [0, 0.05) is 24.8 Å². The lowest BCUT2D eigenvalue weighted by atomic mass is 10.2. The Balaban J connectivity index is 1.95. The SMILES string of the molecule is CCCOc1cncc(N2CCCNCC23OC(=O)C=CC(=O)O3)c1. The van der Waals surface area contributed by atoms with Crippen LogP contribution in [0.3, 0.4) is 0 Å². The molecule has 8 nitrogen and oxygen atoms in total. The van der Waals surface area contributed by atoms with Crippen molar-refractivity contribution in [1.29, 1.82) is 0 Å². The summed E-state index contributed by atoms with van der Waals surface area (Å²) < 4.78 is 16.6. The third-order valence-electron chi connectivity index (χ3n) is 3.85. The summed E-state index contributed by atoms with van der Waals surface area (Å²) in [6, 6.07) is 1.80. The van der Waals surface area contributed by atoms with Gasteiger partial charge in [-0.15, -0.1) is 0 Å². The molecule has 134 valence electrons. The molecule has 0 radical (unpaired) electrons. The zero-order valence-corrected chi connectivity index (χ0v) is 14.1. The Kier molecular flexibility index (Phi) is 5.18. The Morgan fingerprint density at radius 2 is 2.04 bits per heavy atom. The molecule has 0 unspecified atom stereocenters. The zero-order chi connectivity index (χ0) is 17.7. The van der Waals surface area contributed by atoms with Crippen LogP contribution in [0.1, 0.15) is 19.8 Å². The van der Waals surface area contributed by atoms with Gasteiger partial charge in [-0.3, -0.25) is 9.88 Å². The van der Waals surface area contributed by atoms with E-state index in [-0.39, 0.29) is 6.54 Å². The van der Waals surface area contributed by atoms with Crippen molar-refractivity contribution in [2.24, 2.45) is 0 Å². The van der Waals surface area contributed by atoms with Gasteiger partial charge in [0.05, 0.1) is 31.2 Å². The van der Waals surface area contributed by atoms with Crippen LogP contribution in [0.4, 0.5) is 5.69 Å². The van der Waals surface area contributed by atoms with Crippen molar-refractivity contribution in [3.8, 4) is 5.75 Å². The second-order valence-corrected chi connectivity index (χ2v) is 5.80. The molecule has 25 heavy (non-hydrogen) atoms. The number of nitrogens with zero attached hydrogens (tertiary/aromatic N) is 2. The van der Waals surface area contributed by atoms with Gasteiger partial charge in [-0.25, -0.2) is 9.59 Å². The standard InChI is InChI=1S/C17H21N3O5/c1-2-8-23-14-9-13(10-19-11-14)20-7-3-6-18-12-17(20)24-15(21)4-5-16(22)25-17/h4-5,9-11,18H,2-3,6-8,12H2,1H3. The fourth-order valence-corrected chi connectivity index (χ4v) is 2.78. The molecule has 1 aromatic heterocycles. The van der Waals surface area contributed by atoms with E-state index in [0.717, 1.165) is 25.0 Å². The summed E-state index contributed by atoms with van der Waals surface area (Å²) in [5, 5.41) is 3.15. The minimum atomic E-state index is -1.56. The maximum atomic E-state index is 12.0. The highest BCUT2D eigenvalue weighted by Gasteiger charge is 2.47. The molecule has 0 amide bonds. The average molecular weight is 347 g/mol. The van der Waals surface area contributed by atoms with Crippen LogP contribution in [0.2, 0.25) is 0 Å². The summed E-state index contributed by atoms with van der Waals surface area (Å²) in [6.45, 7) is 3.98. The molecule has 3 rings (SSSR count). The van der Waals surface area contributed by atoms with Gasteiger partial charge >= 0.3 is 17.8 Å². The molecule has 8 heteroatoms. The van der Waals surface area contributed by atoms with E-state index in [2.05, 4.69) is 10.3 Å². The highest BCUT2D eigenvalue weighted by atomic mass is 16.8. The number of carbonyl (C=O) groups excluding carboxylic acids is 2. The Morgan fingerprint density at radius 3 is 2.76 bits per heavy atom. The van der Waals surface area contributed by atoms with E-state index in [9.17, 15) is 9.59 Å². The highest BCUT2D eigenvalue weighted by molar-refractivity contribution is 5.93. The molecule has 1 fully saturated rings. The first-order valence-corrected chi connectivity index (χ1v) is 8.33. The van der Waals surface area contributed by atoms with Crippen LogP contribution in [0, 0.1) is 0 Å². The highest BCUT2D eigenvalue weighted by Crippen LogP contribution is 2.31. The van der Waals surface area contributed by atoms with Crippen LogP contribution in [0.5, 0.6) is 5.75 Å². The molecule has 1 aromatic rings. The number of hydrogen-bond acceptors (Lipinski definition) is 8. The summed E-state index contributed by atoms with van der Waals surface area (Å²) in [5.41, 5.74) is 0.653. The third kappa shape index (κ3) is 3.90. The molecule has 1 N–H and O–H groups in total. The van der Waals surface area contributed by atoms with Gasteiger partial charge in [-0.05, 0) is 19.4 Å². The Morgan fingerprint density at radius 1 is 1.28 bits per heavy atom. The zero-order valence-electron chi connectivity index (χ0n) is 14.1. The van der Waals surface area contributed by atoms with Crippen molar-refractivity contribution in [3.05, 3.63) is 30.6 Å². The fourth-order valence-electron chi connectivity index (χ4n) is 2.78. The maximum Gasteiger partial charge on any atom is 0.356 e. The van der Waals surface area contributed by atoms with E-state index in [1.807, 2.05) is 6.92 Å². The Labute approximate surface area is 145 Å². The number of esters is 2. The van der Waals surface area contributed by atoms with Crippen molar-refractivity contribution in [2.45, 2.75) is 25.7 Å². The van der Waals surface area contributed by atoms with Crippen LogP contribution in [0.15, 0.2) is 30.6 Å². The first kappa shape index (κ1) is 17.2. The van der Waals surface area contributed by atoms with E-state index in [4.69, 9.17) is 14.2 Å². The summed E-state index contributed by atoms with van der Waals surface area (Å²) >= 11 is 0. The lowest BCUT2D eigenvalue weighted by Crippen LogP contribution is -2.58. The van der Waals surface area contributed by atoms with Gasteiger partial charge in [0.2, 0.25) is 0 Å². The summed E-state index contributed by atoms with van der Waals surface area (Å²) in [6.07, 6.45) is 7.05. The van der Waals surface area contributed by atoms with Crippen molar-refractivity contribution in [3.63, 3.8) is 0 Å². The summed E-state index contributed by atoms with van der Waals surface area (Å²) in [7, 11) is 0. The Bertz CT molecular complexity index is 656. The number of ether oxygens (including phenoxy) is 3. The normalized spacial score (nSPS) is 19.8. The van der Waals surface area contributed by atoms with E-state index < -0.39 is 17.8 Å². The van der Waals surface area contributed by atoms with Crippen molar-refractivity contribution >= 4 is 17.6 Å². The van der Waals surface area contributed by atoms with Gasteiger partial charge < -0.3 is 19.5 Å².